The Morgan fingerprint density at radius 2 is 1.89 bits per heavy atom. The van der Waals surface area contributed by atoms with Crippen LogP contribution in [0.15, 0.2) is 24.3 Å². The van der Waals surface area contributed by atoms with Gasteiger partial charge in [-0.3, -0.25) is 30.0 Å². The van der Waals surface area contributed by atoms with Crippen LogP contribution in [0.3, 0.4) is 0 Å². The van der Waals surface area contributed by atoms with Gasteiger partial charge < -0.3 is 9.47 Å². The number of ether oxygens (including phenoxy) is 2. The third-order valence-electron chi connectivity index (χ3n) is 5.52. The molecule has 1 aromatic rings. The van der Waals surface area contributed by atoms with E-state index in [1.54, 1.807) is 12.1 Å². The van der Waals surface area contributed by atoms with Gasteiger partial charge in [0, 0.05) is 16.5 Å². The number of halogens is 1. The first-order valence-corrected chi connectivity index (χ1v) is 9.03. The molecule has 8 nitrogen and oxygen atoms in total. The first-order chi connectivity index (χ1) is 12.9. The fourth-order valence-corrected chi connectivity index (χ4v) is 4.52. The zero-order valence-corrected chi connectivity index (χ0v) is 14.9. The largest absolute Gasteiger partial charge is 0.462 e. The summed E-state index contributed by atoms with van der Waals surface area (Å²) in [6, 6.07) is 6.11. The Labute approximate surface area is 159 Å². The van der Waals surface area contributed by atoms with Crippen LogP contribution in [0, 0.1) is 23.7 Å². The van der Waals surface area contributed by atoms with E-state index in [4.69, 9.17) is 21.1 Å². The molecule has 9 heteroatoms. The second kappa shape index (κ2) is 6.84. The minimum atomic E-state index is -0.680. The number of benzene rings is 1. The highest BCUT2D eigenvalue weighted by Crippen LogP contribution is 2.57. The zero-order valence-electron chi connectivity index (χ0n) is 14.1. The van der Waals surface area contributed by atoms with Crippen LogP contribution >= 0.6 is 11.6 Å². The predicted octanol–water partition coefficient (Wildman–Crippen LogP) is 0.842. The number of carbonyl (C=O) groups excluding carboxylic acids is 4. The Kier molecular flexibility index (Phi) is 4.51. The van der Waals surface area contributed by atoms with E-state index in [0.29, 0.717) is 17.0 Å². The van der Waals surface area contributed by atoms with E-state index in [1.807, 2.05) is 0 Å². The van der Waals surface area contributed by atoms with Crippen molar-refractivity contribution < 1.29 is 28.7 Å². The number of hydrogen-bond donors (Lipinski definition) is 2. The summed E-state index contributed by atoms with van der Waals surface area (Å²) in [5.41, 5.74) is 4.72. The Bertz CT molecular complexity index is 809. The number of hydrazine groups is 1. The van der Waals surface area contributed by atoms with Crippen LogP contribution in [0.2, 0.25) is 5.02 Å². The molecule has 142 valence electrons. The minimum absolute atomic E-state index is 0.0663. The van der Waals surface area contributed by atoms with Gasteiger partial charge in [-0.15, -0.1) is 0 Å². The van der Waals surface area contributed by atoms with Gasteiger partial charge in [0.05, 0.1) is 11.8 Å². The van der Waals surface area contributed by atoms with Crippen molar-refractivity contribution in [3.05, 3.63) is 34.9 Å². The van der Waals surface area contributed by atoms with Gasteiger partial charge in [0.15, 0.2) is 6.61 Å². The smallest absolute Gasteiger partial charge is 0.310 e. The SMILES string of the molecule is O=C(COC(=O)[C@@H]1[C@@H]2C[C@@H]3[C@@H]1C(=O)O[C@@H]3C2)NNC(=O)c1ccc(Cl)cc1. The summed E-state index contributed by atoms with van der Waals surface area (Å²) in [6.45, 7) is -0.543. The van der Waals surface area contributed by atoms with E-state index in [1.165, 1.54) is 12.1 Å². The molecule has 3 aliphatic rings. The van der Waals surface area contributed by atoms with Crippen molar-refractivity contribution in [2.45, 2.75) is 18.9 Å². The van der Waals surface area contributed by atoms with Crippen LogP contribution in [-0.2, 0) is 23.9 Å². The van der Waals surface area contributed by atoms with E-state index in [9.17, 15) is 19.2 Å². The normalized spacial score (nSPS) is 30.0. The number of carbonyl (C=O) groups is 4. The molecule has 2 N–H and O–H groups in total. The molecule has 4 rings (SSSR count). The molecule has 0 radical (unpaired) electrons. The molecule has 1 heterocycles. The number of nitrogens with one attached hydrogen (secondary N) is 2. The molecule has 0 spiro atoms. The van der Waals surface area contributed by atoms with Crippen LogP contribution in [0.5, 0.6) is 0 Å². The molecule has 1 saturated heterocycles. The van der Waals surface area contributed by atoms with Crippen molar-refractivity contribution >= 4 is 35.4 Å². The molecule has 0 unspecified atom stereocenters. The topological polar surface area (TPSA) is 111 Å². The molecule has 2 saturated carbocycles. The highest BCUT2D eigenvalue weighted by Gasteiger charge is 2.64. The molecule has 2 aliphatic carbocycles. The van der Waals surface area contributed by atoms with Crippen molar-refractivity contribution in [3.8, 4) is 0 Å². The summed E-state index contributed by atoms with van der Waals surface area (Å²) in [5, 5.41) is 0.487. The quantitative estimate of drug-likeness (QED) is 0.580. The van der Waals surface area contributed by atoms with E-state index in [2.05, 4.69) is 10.9 Å². The highest BCUT2D eigenvalue weighted by atomic mass is 35.5. The van der Waals surface area contributed by atoms with Gasteiger partial charge in [-0.05, 0) is 43.0 Å². The predicted molar refractivity (Wildman–Crippen MR) is 91.1 cm³/mol. The maximum atomic E-state index is 12.4. The van der Waals surface area contributed by atoms with E-state index in [-0.39, 0.29) is 23.9 Å². The third-order valence-corrected chi connectivity index (χ3v) is 5.77. The van der Waals surface area contributed by atoms with Gasteiger partial charge in [-0.1, -0.05) is 11.6 Å². The van der Waals surface area contributed by atoms with Crippen molar-refractivity contribution in [1.29, 1.82) is 0 Å². The second-order valence-corrected chi connectivity index (χ2v) is 7.48. The number of fused-ring (bicyclic) bond motifs is 1. The second-order valence-electron chi connectivity index (χ2n) is 7.04. The summed E-state index contributed by atoms with van der Waals surface area (Å²) >= 11 is 5.75. The van der Waals surface area contributed by atoms with Crippen molar-refractivity contribution in [2.75, 3.05) is 6.61 Å². The number of esters is 2. The lowest BCUT2D eigenvalue weighted by atomic mass is 9.80. The van der Waals surface area contributed by atoms with Gasteiger partial charge in [-0.25, -0.2) is 0 Å². The van der Waals surface area contributed by atoms with Gasteiger partial charge in [0.1, 0.15) is 6.10 Å². The van der Waals surface area contributed by atoms with E-state index in [0.717, 1.165) is 6.42 Å². The van der Waals surface area contributed by atoms with Gasteiger partial charge in [0.25, 0.3) is 11.8 Å². The van der Waals surface area contributed by atoms with E-state index >= 15 is 0 Å². The molecular weight excluding hydrogens is 376 g/mol. The Morgan fingerprint density at radius 1 is 1.15 bits per heavy atom. The highest BCUT2D eigenvalue weighted by molar-refractivity contribution is 6.30. The maximum absolute atomic E-state index is 12.4. The molecular formula is C18H17ClN2O6. The molecule has 3 fully saturated rings. The van der Waals surface area contributed by atoms with Crippen molar-refractivity contribution in [3.63, 3.8) is 0 Å². The Hall–Kier alpha value is -2.61. The minimum Gasteiger partial charge on any atom is -0.462 e. The average molecular weight is 393 g/mol. The summed E-state index contributed by atoms with van der Waals surface area (Å²) in [6.07, 6.45) is 1.39. The summed E-state index contributed by atoms with van der Waals surface area (Å²) < 4.78 is 10.3. The lowest BCUT2D eigenvalue weighted by molar-refractivity contribution is -0.158. The lowest BCUT2D eigenvalue weighted by Gasteiger charge is -2.22. The summed E-state index contributed by atoms with van der Waals surface area (Å²) in [7, 11) is 0. The Morgan fingerprint density at radius 3 is 2.63 bits per heavy atom. The number of amides is 2. The standard InChI is InChI=1S/C18H17ClN2O6/c19-10-3-1-8(2-4-10)16(23)21-20-13(22)7-26-17(24)14-9-5-11-12(6-9)27-18(25)15(11)14/h1-4,9,11-12,14-15H,5-7H2,(H,20,22)(H,21,23)/t9-,11+,12-,14-,15+/m1/s1. The number of rotatable bonds is 4. The molecule has 27 heavy (non-hydrogen) atoms. The average Bonchev–Trinajstić information content (AvgIpc) is 3.27. The zero-order chi connectivity index (χ0) is 19.1. The first-order valence-electron chi connectivity index (χ1n) is 8.66. The van der Waals surface area contributed by atoms with Gasteiger partial charge in [0.2, 0.25) is 0 Å². The fourth-order valence-electron chi connectivity index (χ4n) is 4.39. The molecule has 1 aliphatic heterocycles. The maximum Gasteiger partial charge on any atom is 0.310 e. The van der Waals surface area contributed by atoms with Crippen molar-refractivity contribution in [2.24, 2.45) is 23.7 Å². The third kappa shape index (κ3) is 3.25. The molecule has 5 atom stereocenters. The monoisotopic (exact) mass is 392 g/mol. The van der Waals surface area contributed by atoms with Gasteiger partial charge >= 0.3 is 11.9 Å². The molecule has 2 bridgehead atoms. The van der Waals surface area contributed by atoms with Gasteiger partial charge in [-0.2, -0.15) is 0 Å². The van der Waals surface area contributed by atoms with Crippen LogP contribution < -0.4 is 10.9 Å². The Balaban J connectivity index is 1.25. The van der Waals surface area contributed by atoms with Crippen LogP contribution in [0.1, 0.15) is 23.2 Å². The molecule has 1 aromatic carbocycles. The summed E-state index contributed by atoms with van der Waals surface area (Å²) in [5.74, 6) is -2.95. The summed E-state index contributed by atoms with van der Waals surface area (Å²) in [4.78, 5) is 48.0. The van der Waals surface area contributed by atoms with Crippen LogP contribution in [0.4, 0.5) is 0 Å². The van der Waals surface area contributed by atoms with Crippen molar-refractivity contribution in [1.82, 2.24) is 10.9 Å². The van der Waals surface area contributed by atoms with Crippen LogP contribution in [0.25, 0.3) is 0 Å². The molecule has 2 amide bonds. The number of hydrogen-bond acceptors (Lipinski definition) is 6. The molecule has 0 aromatic heterocycles. The fraction of sp³-hybridized carbons (Fsp3) is 0.444. The lowest BCUT2D eigenvalue weighted by Crippen LogP contribution is -2.44. The van der Waals surface area contributed by atoms with E-state index < -0.39 is 36.2 Å². The van der Waals surface area contributed by atoms with Crippen LogP contribution in [-0.4, -0.2) is 36.5 Å². The first kappa shape index (κ1) is 17.8.